The highest BCUT2D eigenvalue weighted by Gasteiger charge is 2.13. The number of nitrogens with zero attached hydrogens (tertiary/aromatic N) is 4. The first-order valence-electron chi connectivity index (χ1n) is 7.39. The lowest BCUT2D eigenvalue weighted by Gasteiger charge is -2.10. The minimum absolute atomic E-state index is 0.291. The summed E-state index contributed by atoms with van der Waals surface area (Å²) in [5, 5.41) is 12.6. The lowest BCUT2D eigenvalue weighted by Crippen LogP contribution is -2.02. The topological polar surface area (TPSA) is 52.8 Å². The van der Waals surface area contributed by atoms with Gasteiger partial charge >= 0.3 is 0 Å². The second-order valence-electron chi connectivity index (χ2n) is 5.41. The van der Waals surface area contributed by atoms with E-state index in [1.807, 2.05) is 26.0 Å². The Morgan fingerprint density at radius 3 is 2.75 bits per heavy atom. The zero-order chi connectivity index (χ0) is 17.1. The second-order valence-corrected chi connectivity index (χ2v) is 6.35. The first-order chi connectivity index (χ1) is 11.6. The van der Waals surface area contributed by atoms with Gasteiger partial charge in [0.15, 0.2) is 0 Å². The molecule has 2 aromatic carbocycles. The number of benzene rings is 2. The summed E-state index contributed by atoms with van der Waals surface area (Å²) < 4.78 is 20.5. The van der Waals surface area contributed by atoms with Gasteiger partial charge in [-0.2, -0.15) is 4.68 Å². The fourth-order valence-electron chi connectivity index (χ4n) is 2.47. The Morgan fingerprint density at radius 1 is 1.17 bits per heavy atom. The van der Waals surface area contributed by atoms with Crippen molar-refractivity contribution in [2.45, 2.75) is 24.8 Å². The molecule has 0 unspecified atom stereocenters. The molecule has 0 spiro atoms. The number of halogens is 1. The van der Waals surface area contributed by atoms with Gasteiger partial charge in [0.25, 0.3) is 0 Å². The predicted octanol–water partition coefficient (Wildman–Crippen LogP) is 3.72. The summed E-state index contributed by atoms with van der Waals surface area (Å²) in [6.07, 6.45) is 0. The minimum Gasteiger partial charge on any atom is -0.496 e. The zero-order valence-electron chi connectivity index (χ0n) is 13.7. The molecule has 0 atom stereocenters. The Morgan fingerprint density at radius 2 is 2.00 bits per heavy atom. The third-order valence-electron chi connectivity index (χ3n) is 3.62. The van der Waals surface area contributed by atoms with Crippen molar-refractivity contribution in [3.05, 3.63) is 58.9 Å². The molecular weight excluding hydrogens is 327 g/mol. The molecule has 0 amide bonds. The summed E-state index contributed by atoms with van der Waals surface area (Å²) in [7, 11) is 1.57. The molecular formula is C17H17FN4OS. The molecule has 3 aromatic rings. The van der Waals surface area contributed by atoms with E-state index in [1.165, 1.54) is 29.5 Å². The van der Waals surface area contributed by atoms with Gasteiger partial charge in [-0.1, -0.05) is 29.5 Å². The largest absolute Gasteiger partial charge is 0.496 e. The molecule has 24 heavy (non-hydrogen) atoms. The van der Waals surface area contributed by atoms with Gasteiger partial charge in [0.05, 0.1) is 12.8 Å². The van der Waals surface area contributed by atoms with Crippen LogP contribution in [0.3, 0.4) is 0 Å². The van der Waals surface area contributed by atoms with Crippen LogP contribution in [0.4, 0.5) is 4.39 Å². The standard InChI is InChI=1S/C17H17FN4OS/c1-11-4-6-15(12(2)8-11)22-17(19-20-21-22)24-10-13-9-14(18)5-7-16(13)23-3/h4-9H,10H2,1-3H3. The van der Waals surface area contributed by atoms with Crippen LogP contribution in [0, 0.1) is 19.7 Å². The van der Waals surface area contributed by atoms with Gasteiger partial charge in [-0.25, -0.2) is 4.39 Å². The molecule has 0 aliphatic rings. The number of tetrazole rings is 1. The molecule has 1 heterocycles. The van der Waals surface area contributed by atoms with Crippen molar-refractivity contribution < 1.29 is 9.13 Å². The average Bonchev–Trinajstić information content (AvgIpc) is 3.01. The number of hydrogen-bond acceptors (Lipinski definition) is 5. The van der Waals surface area contributed by atoms with Crippen LogP contribution >= 0.6 is 11.8 Å². The first kappa shape index (κ1) is 16.4. The summed E-state index contributed by atoms with van der Waals surface area (Å²) in [4.78, 5) is 0. The summed E-state index contributed by atoms with van der Waals surface area (Å²) in [6.45, 7) is 4.07. The van der Waals surface area contributed by atoms with Gasteiger partial charge in [0, 0.05) is 11.3 Å². The summed E-state index contributed by atoms with van der Waals surface area (Å²) in [5.41, 5.74) is 3.97. The normalized spacial score (nSPS) is 10.8. The van der Waals surface area contributed by atoms with Crippen molar-refractivity contribution >= 4 is 11.8 Å². The van der Waals surface area contributed by atoms with E-state index in [1.54, 1.807) is 17.9 Å². The highest BCUT2D eigenvalue weighted by molar-refractivity contribution is 7.98. The van der Waals surface area contributed by atoms with E-state index >= 15 is 0 Å². The van der Waals surface area contributed by atoms with Crippen LogP contribution in [0.5, 0.6) is 5.75 Å². The van der Waals surface area contributed by atoms with Crippen molar-refractivity contribution in [1.29, 1.82) is 0 Å². The monoisotopic (exact) mass is 344 g/mol. The Labute approximate surface area is 143 Å². The molecule has 7 heteroatoms. The lowest BCUT2D eigenvalue weighted by atomic mass is 10.1. The van der Waals surface area contributed by atoms with Crippen LogP contribution in [0.2, 0.25) is 0 Å². The van der Waals surface area contributed by atoms with E-state index in [9.17, 15) is 4.39 Å². The van der Waals surface area contributed by atoms with Crippen LogP contribution in [0.15, 0.2) is 41.6 Å². The number of methoxy groups -OCH3 is 1. The fraction of sp³-hybridized carbons (Fsp3) is 0.235. The van der Waals surface area contributed by atoms with Crippen LogP contribution in [0.1, 0.15) is 16.7 Å². The van der Waals surface area contributed by atoms with E-state index in [0.717, 1.165) is 16.8 Å². The van der Waals surface area contributed by atoms with Crippen molar-refractivity contribution in [3.8, 4) is 11.4 Å². The molecule has 0 aliphatic carbocycles. The van der Waals surface area contributed by atoms with Gasteiger partial charge in [-0.3, -0.25) is 0 Å². The Kier molecular flexibility index (Phi) is 4.80. The molecule has 0 bridgehead atoms. The molecule has 3 rings (SSSR count). The molecule has 0 saturated heterocycles. The smallest absolute Gasteiger partial charge is 0.214 e. The van der Waals surface area contributed by atoms with E-state index in [0.29, 0.717) is 16.7 Å². The maximum atomic E-state index is 13.5. The number of hydrogen-bond donors (Lipinski definition) is 0. The number of aromatic nitrogens is 4. The summed E-state index contributed by atoms with van der Waals surface area (Å²) in [6, 6.07) is 10.6. The Bertz CT molecular complexity index is 866. The van der Waals surface area contributed by atoms with Crippen LogP contribution < -0.4 is 4.74 Å². The average molecular weight is 344 g/mol. The minimum atomic E-state index is -0.291. The van der Waals surface area contributed by atoms with E-state index in [2.05, 4.69) is 21.6 Å². The van der Waals surface area contributed by atoms with Crippen molar-refractivity contribution in [2.75, 3.05) is 7.11 Å². The van der Waals surface area contributed by atoms with E-state index < -0.39 is 0 Å². The number of thioether (sulfide) groups is 1. The lowest BCUT2D eigenvalue weighted by molar-refractivity contribution is 0.410. The van der Waals surface area contributed by atoms with Gasteiger partial charge in [0.1, 0.15) is 11.6 Å². The quantitative estimate of drug-likeness (QED) is 0.660. The second kappa shape index (κ2) is 7.00. The van der Waals surface area contributed by atoms with Crippen LogP contribution in [-0.4, -0.2) is 27.3 Å². The Balaban J connectivity index is 1.85. The van der Waals surface area contributed by atoms with Gasteiger partial charge in [-0.15, -0.1) is 5.10 Å². The number of aryl methyl sites for hydroxylation is 2. The third kappa shape index (κ3) is 3.41. The molecule has 0 saturated carbocycles. The molecule has 5 nitrogen and oxygen atoms in total. The van der Waals surface area contributed by atoms with Crippen molar-refractivity contribution in [3.63, 3.8) is 0 Å². The molecule has 1 aromatic heterocycles. The summed E-state index contributed by atoms with van der Waals surface area (Å²) in [5.74, 6) is 0.862. The molecule has 0 aliphatic heterocycles. The van der Waals surface area contributed by atoms with Crippen LogP contribution in [0.25, 0.3) is 5.69 Å². The highest BCUT2D eigenvalue weighted by atomic mass is 32.2. The molecule has 0 fully saturated rings. The number of rotatable bonds is 5. The maximum absolute atomic E-state index is 13.5. The van der Waals surface area contributed by atoms with Gasteiger partial charge in [-0.05, 0) is 54.1 Å². The number of ether oxygens (including phenoxy) is 1. The fourth-order valence-corrected chi connectivity index (χ4v) is 3.33. The first-order valence-corrected chi connectivity index (χ1v) is 8.38. The van der Waals surface area contributed by atoms with Crippen molar-refractivity contribution in [1.82, 2.24) is 20.2 Å². The predicted molar refractivity (Wildman–Crippen MR) is 91.1 cm³/mol. The van der Waals surface area contributed by atoms with E-state index in [4.69, 9.17) is 4.74 Å². The maximum Gasteiger partial charge on any atom is 0.214 e. The molecule has 0 N–H and O–H groups in total. The van der Waals surface area contributed by atoms with Crippen molar-refractivity contribution in [2.24, 2.45) is 0 Å². The molecule has 0 radical (unpaired) electrons. The molecule has 124 valence electrons. The highest BCUT2D eigenvalue weighted by Crippen LogP contribution is 2.29. The van der Waals surface area contributed by atoms with Gasteiger partial charge < -0.3 is 4.74 Å². The Hall–Kier alpha value is -2.41. The zero-order valence-corrected chi connectivity index (χ0v) is 14.5. The summed E-state index contributed by atoms with van der Waals surface area (Å²) >= 11 is 1.43. The SMILES string of the molecule is COc1ccc(F)cc1CSc1nnnn1-c1ccc(C)cc1C. The third-order valence-corrected chi connectivity index (χ3v) is 4.59. The van der Waals surface area contributed by atoms with Crippen LogP contribution in [-0.2, 0) is 5.75 Å². The van der Waals surface area contributed by atoms with Gasteiger partial charge in [0.2, 0.25) is 5.16 Å². The van der Waals surface area contributed by atoms with E-state index in [-0.39, 0.29) is 5.82 Å².